The lowest BCUT2D eigenvalue weighted by atomic mass is 9.76. The SMILES string of the molecule is C=CC1C(C2c3cc4c(cc3-c3n(C(C)C(C)C)c5ccccc5[n+]32)sc2ccccc24)c2ccccc2-c2ccc([Si](C)(C)C)c[n+]21. The summed E-state index contributed by atoms with van der Waals surface area (Å²) in [5.41, 5.74) is 9.44. The van der Waals surface area contributed by atoms with E-state index in [0.29, 0.717) is 12.0 Å². The van der Waals surface area contributed by atoms with Crippen LogP contribution in [0.15, 0.2) is 116 Å². The van der Waals surface area contributed by atoms with E-state index in [1.165, 1.54) is 70.2 Å². The number of benzene rings is 4. The molecule has 2 aliphatic rings. The summed E-state index contributed by atoms with van der Waals surface area (Å²) in [5, 5.41) is 4.20. The predicted molar refractivity (Wildman–Crippen MR) is 205 cm³/mol. The Morgan fingerprint density at radius 3 is 2.33 bits per heavy atom. The van der Waals surface area contributed by atoms with Gasteiger partial charge in [-0.05, 0) is 60.9 Å². The molecular formula is C43H43N3SSi+2. The van der Waals surface area contributed by atoms with Gasteiger partial charge >= 0.3 is 0 Å². The Labute approximate surface area is 288 Å². The van der Waals surface area contributed by atoms with Crippen molar-refractivity contribution >= 4 is 55.8 Å². The van der Waals surface area contributed by atoms with Crippen molar-refractivity contribution < 1.29 is 9.13 Å². The fraction of sp³-hybridized carbons (Fsp3) is 0.256. The number of allylic oxidation sites excluding steroid dienone is 1. The molecule has 4 unspecified atom stereocenters. The minimum atomic E-state index is -1.56. The predicted octanol–water partition coefficient (Wildman–Crippen LogP) is 10.1. The number of imidazole rings is 1. The van der Waals surface area contributed by atoms with E-state index in [1.807, 2.05) is 11.3 Å². The number of hydrogen-bond donors (Lipinski definition) is 0. The number of thiophene rings is 1. The van der Waals surface area contributed by atoms with E-state index in [0.717, 1.165) is 0 Å². The number of fused-ring (bicyclic) bond motifs is 11. The van der Waals surface area contributed by atoms with Crippen molar-refractivity contribution in [3.63, 3.8) is 0 Å². The molecule has 3 nitrogen and oxygen atoms in total. The molecule has 0 aliphatic carbocycles. The van der Waals surface area contributed by atoms with E-state index >= 15 is 0 Å². The normalized spacial score (nSPS) is 19.0. The van der Waals surface area contributed by atoms with Crippen molar-refractivity contribution in [2.24, 2.45) is 5.92 Å². The third kappa shape index (κ3) is 4.10. The highest BCUT2D eigenvalue weighted by Gasteiger charge is 2.53. The van der Waals surface area contributed by atoms with Crippen molar-refractivity contribution in [1.82, 2.24) is 4.57 Å². The maximum atomic E-state index is 4.56. The first-order valence-corrected chi connectivity index (χ1v) is 21.8. The first kappa shape index (κ1) is 29.8. The quantitative estimate of drug-likeness (QED) is 0.0990. The Hall–Kier alpha value is -4.32. The van der Waals surface area contributed by atoms with Crippen LogP contribution in [-0.4, -0.2) is 12.6 Å². The highest BCUT2D eigenvalue weighted by Crippen LogP contribution is 2.53. The van der Waals surface area contributed by atoms with Crippen LogP contribution in [0.5, 0.6) is 0 Å². The van der Waals surface area contributed by atoms with Crippen LogP contribution in [0.3, 0.4) is 0 Å². The molecule has 0 saturated heterocycles. The van der Waals surface area contributed by atoms with E-state index in [-0.39, 0.29) is 18.0 Å². The molecule has 0 radical (unpaired) electrons. The van der Waals surface area contributed by atoms with Crippen LogP contribution in [0.2, 0.25) is 19.6 Å². The summed E-state index contributed by atoms with van der Waals surface area (Å²) in [5.74, 6) is 1.97. The van der Waals surface area contributed by atoms with Crippen molar-refractivity contribution in [2.45, 2.75) is 64.5 Å². The third-order valence-electron chi connectivity index (χ3n) is 11.3. The topological polar surface area (TPSA) is 12.7 Å². The van der Waals surface area contributed by atoms with E-state index in [1.54, 1.807) is 0 Å². The summed E-state index contributed by atoms with van der Waals surface area (Å²) in [6.07, 6.45) is 4.70. The van der Waals surface area contributed by atoms with E-state index < -0.39 is 8.07 Å². The molecule has 0 N–H and O–H groups in total. The van der Waals surface area contributed by atoms with Gasteiger partial charge in [0.05, 0.1) is 25.1 Å². The monoisotopic (exact) mass is 661 g/mol. The third-order valence-corrected chi connectivity index (χ3v) is 14.5. The van der Waals surface area contributed by atoms with Crippen LogP contribution in [-0.2, 0) is 0 Å². The van der Waals surface area contributed by atoms with Gasteiger partial charge in [0.1, 0.15) is 12.1 Å². The van der Waals surface area contributed by atoms with Gasteiger partial charge in [-0.25, -0.2) is 9.13 Å². The van der Waals surface area contributed by atoms with Crippen LogP contribution < -0.4 is 14.3 Å². The number of aromatic nitrogens is 3. The molecule has 4 aromatic carbocycles. The lowest BCUT2D eigenvalue weighted by molar-refractivity contribution is -0.730. The average molecular weight is 662 g/mol. The Morgan fingerprint density at radius 2 is 1.54 bits per heavy atom. The Bertz CT molecular complexity index is 2440. The van der Waals surface area contributed by atoms with E-state index in [4.69, 9.17) is 0 Å². The van der Waals surface area contributed by atoms with Crippen molar-refractivity contribution in [2.75, 3.05) is 0 Å². The molecule has 0 amide bonds. The maximum Gasteiger partial charge on any atom is 0.291 e. The number of rotatable bonds is 5. The van der Waals surface area contributed by atoms with Gasteiger partial charge in [0.25, 0.3) is 5.82 Å². The van der Waals surface area contributed by atoms with Crippen LogP contribution >= 0.6 is 11.3 Å². The summed E-state index contributed by atoms with van der Waals surface area (Å²) in [7, 11) is -1.56. The van der Waals surface area contributed by atoms with E-state index in [2.05, 4.69) is 170 Å². The zero-order chi connectivity index (χ0) is 33.1. The molecule has 0 saturated carbocycles. The van der Waals surface area contributed by atoms with Gasteiger partial charge in [-0.2, -0.15) is 4.57 Å². The number of para-hydroxylation sites is 2. The highest BCUT2D eigenvalue weighted by atomic mass is 32.1. The Kier molecular flexibility index (Phi) is 6.57. The van der Waals surface area contributed by atoms with Gasteiger partial charge in [-0.15, -0.1) is 11.3 Å². The molecule has 48 heavy (non-hydrogen) atoms. The van der Waals surface area contributed by atoms with Gasteiger partial charge in [0, 0.05) is 37.0 Å². The first-order chi connectivity index (χ1) is 23.2. The molecule has 5 heterocycles. The van der Waals surface area contributed by atoms with Crippen molar-refractivity contribution in [1.29, 1.82) is 0 Å². The zero-order valence-electron chi connectivity index (χ0n) is 28.7. The van der Waals surface area contributed by atoms with Gasteiger partial charge < -0.3 is 0 Å². The fourth-order valence-corrected chi connectivity index (χ4v) is 10.9. The lowest BCUT2D eigenvalue weighted by Crippen LogP contribution is -2.55. The summed E-state index contributed by atoms with van der Waals surface area (Å²) >= 11 is 1.92. The standard InChI is InChI=1S/C43H43N3SSi/c1-8-35-41(31-17-10-9-15-29(31)36-22-21-28(25-44(35)36)48(5,6)7)42-33-23-32-30-16-11-14-20-39(30)47-40(32)24-34(33)43-45(27(4)26(2)3)37-18-12-13-19-38(37)46(42)43/h8-27,35,41-42H,1H2,2-7H3/q+2. The Balaban J connectivity index is 1.41. The molecule has 3 aromatic heterocycles. The Morgan fingerprint density at radius 1 is 0.792 bits per heavy atom. The van der Waals surface area contributed by atoms with E-state index in [9.17, 15) is 0 Å². The molecule has 2 aliphatic heterocycles. The number of nitrogens with zero attached hydrogens (tertiary/aromatic N) is 3. The maximum absolute atomic E-state index is 4.56. The molecule has 7 aromatic rings. The van der Waals surface area contributed by atoms with Crippen LogP contribution in [0.4, 0.5) is 0 Å². The van der Waals surface area contributed by atoms with Gasteiger partial charge in [0.15, 0.2) is 23.3 Å². The second-order valence-electron chi connectivity index (χ2n) is 15.3. The average Bonchev–Trinajstić information content (AvgIpc) is 3.72. The van der Waals surface area contributed by atoms with Crippen LogP contribution in [0.25, 0.3) is 53.9 Å². The molecular weight excluding hydrogens is 619 g/mol. The minimum Gasteiger partial charge on any atom is -0.220 e. The first-order valence-electron chi connectivity index (χ1n) is 17.4. The molecule has 0 fully saturated rings. The smallest absolute Gasteiger partial charge is 0.220 e. The van der Waals surface area contributed by atoms with Crippen molar-refractivity contribution in [3.8, 4) is 22.6 Å². The van der Waals surface area contributed by atoms with Gasteiger partial charge in [-0.3, -0.25) is 0 Å². The zero-order valence-corrected chi connectivity index (χ0v) is 30.6. The lowest BCUT2D eigenvalue weighted by Gasteiger charge is -2.33. The molecule has 238 valence electrons. The van der Waals surface area contributed by atoms with Gasteiger partial charge in [-0.1, -0.05) is 94.7 Å². The summed E-state index contributed by atoms with van der Waals surface area (Å²) in [6.45, 7) is 19.0. The molecule has 0 spiro atoms. The summed E-state index contributed by atoms with van der Waals surface area (Å²) in [6, 6.07) is 37.5. The fourth-order valence-electron chi connectivity index (χ4n) is 8.62. The summed E-state index contributed by atoms with van der Waals surface area (Å²) in [4.78, 5) is 0. The molecule has 0 bridgehead atoms. The van der Waals surface area contributed by atoms with Gasteiger partial charge in [0.2, 0.25) is 5.69 Å². The second kappa shape index (κ2) is 10.6. The summed E-state index contributed by atoms with van der Waals surface area (Å²) < 4.78 is 10.7. The van der Waals surface area contributed by atoms with Crippen LogP contribution in [0, 0.1) is 5.92 Å². The molecule has 4 atom stereocenters. The van der Waals surface area contributed by atoms with Crippen molar-refractivity contribution in [3.05, 3.63) is 127 Å². The number of hydrogen-bond acceptors (Lipinski definition) is 1. The highest BCUT2D eigenvalue weighted by molar-refractivity contribution is 7.25. The molecule has 5 heteroatoms. The van der Waals surface area contributed by atoms with Crippen LogP contribution in [0.1, 0.15) is 55.9 Å². The largest absolute Gasteiger partial charge is 0.291 e. The minimum absolute atomic E-state index is 0.0852. The second-order valence-corrected chi connectivity index (χ2v) is 21.5. The number of pyridine rings is 1. The molecule has 9 rings (SSSR count).